The normalized spacial score (nSPS) is 26.6. The highest BCUT2D eigenvalue weighted by atomic mass is 32.2. The molecule has 2 aliphatic heterocycles. The molecule has 0 unspecified atom stereocenters. The summed E-state index contributed by atoms with van der Waals surface area (Å²) in [5.41, 5.74) is 0.521. The predicted molar refractivity (Wildman–Crippen MR) is 90.3 cm³/mol. The summed E-state index contributed by atoms with van der Waals surface area (Å²) in [6.07, 6.45) is 1.77. The molecule has 0 aliphatic carbocycles. The van der Waals surface area contributed by atoms with Crippen LogP contribution in [0.25, 0.3) is 0 Å². The van der Waals surface area contributed by atoms with Crippen LogP contribution >= 0.6 is 0 Å². The highest BCUT2D eigenvalue weighted by molar-refractivity contribution is 7.92. The maximum Gasteiger partial charge on any atom is 0.315 e. The van der Waals surface area contributed by atoms with Gasteiger partial charge in [-0.15, -0.1) is 0 Å². The molecule has 2 heterocycles. The summed E-state index contributed by atoms with van der Waals surface area (Å²) in [5.74, 6) is -0.608. The topological polar surface area (TPSA) is 104 Å². The van der Waals surface area contributed by atoms with Gasteiger partial charge in [-0.2, -0.15) is 0 Å². The summed E-state index contributed by atoms with van der Waals surface area (Å²) in [4.78, 5) is 23.2. The van der Waals surface area contributed by atoms with E-state index >= 15 is 0 Å². The zero-order valence-electron chi connectivity index (χ0n) is 13.5. The molecule has 3 rings (SSSR count). The van der Waals surface area contributed by atoms with Crippen LogP contribution in [0.1, 0.15) is 25.7 Å². The molecule has 25 heavy (non-hydrogen) atoms. The molecule has 136 valence electrons. The van der Waals surface area contributed by atoms with Gasteiger partial charge in [-0.25, -0.2) is 17.6 Å². The first-order chi connectivity index (χ1) is 11.8. The van der Waals surface area contributed by atoms with Crippen LogP contribution in [0.4, 0.5) is 14.9 Å². The molecule has 0 radical (unpaired) electrons. The Morgan fingerprint density at radius 3 is 2.64 bits per heavy atom. The van der Waals surface area contributed by atoms with Crippen molar-refractivity contribution in [2.45, 2.75) is 43.0 Å². The Hall–Kier alpha value is -2.16. The van der Waals surface area contributed by atoms with Crippen molar-refractivity contribution in [2.75, 3.05) is 11.1 Å². The van der Waals surface area contributed by atoms with Gasteiger partial charge >= 0.3 is 6.03 Å². The van der Waals surface area contributed by atoms with Gasteiger partial charge in [-0.1, -0.05) is 6.42 Å². The van der Waals surface area contributed by atoms with Gasteiger partial charge in [-0.05, 0) is 37.1 Å². The number of unbranched alkanes of at least 4 members (excludes halogenated alkanes) is 1. The predicted octanol–water partition coefficient (Wildman–Crippen LogP) is 1.17. The second-order valence-electron chi connectivity index (χ2n) is 6.42. The van der Waals surface area contributed by atoms with Gasteiger partial charge in [0.05, 0.1) is 23.1 Å². The average molecular weight is 369 g/mol. The summed E-state index contributed by atoms with van der Waals surface area (Å²) < 4.78 is 37.2. The van der Waals surface area contributed by atoms with E-state index in [1.54, 1.807) is 0 Å². The lowest BCUT2D eigenvalue weighted by molar-refractivity contribution is -0.116. The third-order valence-electron chi connectivity index (χ3n) is 4.59. The number of fused-ring (bicyclic) bond motifs is 1. The number of hydrogen-bond donors (Lipinski definition) is 3. The minimum absolute atomic E-state index is 0.0356. The zero-order valence-corrected chi connectivity index (χ0v) is 14.3. The molecule has 3 amide bonds. The molecule has 2 fully saturated rings. The molecule has 1 aromatic carbocycles. The number of hydrogen-bond acceptors (Lipinski definition) is 4. The number of halogens is 1. The number of carbonyl (C=O) groups is 2. The Balaban J connectivity index is 1.44. The number of amides is 3. The molecule has 0 saturated carbocycles. The highest BCUT2D eigenvalue weighted by Crippen LogP contribution is 2.28. The van der Waals surface area contributed by atoms with E-state index in [0.29, 0.717) is 24.9 Å². The van der Waals surface area contributed by atoms with Crippen LogP contribution in [0.15, 0.2) is 24.3 Å². The zero-order chi connectivity index (χ0) is 18.0. The highest BCUT2D eigenvalue weighted by Gasteiger charge is 2.51. The van der Waals surface area contributed by atoms with Crippen LogP contribution in [0.2, 0.25) is 0 Å². The van der Waals surface area contributed by atoms with E-state index in [2.05, 4.69) is 16.0 Å². The van der Waals surface area contributed by atoms with E-state index in [0.717, 1.165) is 0 Å². The molecule has 0 spiro atoms. The van der Waals surface area contributed by atoms with E-state index in [9.17, 15) is 22.4 Å². The summed E-state index contributed by atoms with van der Waals surface area (Å²) in [6, 6.07) is 4.42. The summed E-state index contributed by atoms with van der Waals surface area (Å²) in [6.45, 7) is 0. The van der Waals surface area contributed by atoms with Gasteiger partial charge < -0.3 is 16.0 Å². The summed E-state index contributed by atoms with van der Waals surface area (Å²) in [5, 5.41) is 7.36. The van der Waals surface area contributed by atoms with Crippen LogP contribution in [-0.2, 0) is 14.6 Å². The fourth-order valence-corrected chi connectivity index (χ4v) is 5.66. The number of carbonyl (C=O) groups excluding carboxylic acids is 2. The minimum Gasteiger partial charge on any atom is -0.332 e. The van der Waals surface area contributed by atoms with Gasteiger partial charge in [0.1, 0.15) is 5.82 Å². The second-order valence-corrected chi connectivity index (χ2v) is 8.68. The second kappa shape index (κ2) is 6.99. The Bertz CT molecular complexity index is 766. The molecule has 2 saturated heterocycles. The van der Waals surface area contributed by atoms with Gasteiger partial charge in [0.2, 0.25) is 5.91 Å². The van der Waals surface area contributed by atoms with E-state index in [-0.39, 0.29) is 42.0 Å². The average Bonchev–Trinajstić information content (AvgIpc) is 2.98. The number of nitrogens with one attached hydrogen (secondary N) is 3. The Kier molecular flexibility index (Phi) is 4.94. The van der Waals surface area contributed by atoms with E-state index in [1.807, 2.05) is 0 Å². The van der Waals surface area contributed by atoms with Gasteiger partial charge in [0.25, 0.3) is 0 Å². The minimum atomic E-state index is -3.24. The Morgan fingerprint density at radius 2 is 1.92 bits per heavy atom. The van der Waals surface area contributed by atoms with Gasteiger partial charge in [-0.3, -0.25) is 4.79 Å². The van der Waals surface area contributed by atoms with Crippen LogP contribution in [0.5, 0.6) is 0 Å². The van der Waals surface area contributed by atoms with E-state index in [1.165, 1.54) is 24.3 Å². The van der Waals surface area contributed by atoms with Crippen molar-refractivity contribution in [1.29, 1.82) is 0 Å². The van der Waals surface area contributed by atoms with E-state index < -0.39 is 15.1 Å². The molecule has 7 nitrogen and oxygen atoms in total. The standard InChI is InChI=1S/C16H20FN3O4S/c17-10-5-7-11(8-6-10)18-14(21)4-2-1-3-13-15-12(9-25(13,23)24)19-16(22)20-15/h5-8,12-13,15H,1-4,9H2,(H,18,21)(H2,19,20,22)/t12-,13-,15+/m1/s1. The lowest BCUT2D eigenvalue weighted by Crippen LogP contribution is -2.39. The molecule has 1 aromatic rings. The smallest absolute Gasteiger partial charge is 0.315 e. The van der Waals surface area contributed by atoms with Crippen LogP contribution < -0.4 is 16.0 Å². The first-order valence-corrected chi connectivity index (χ1v) is 9.91. The number of benzene rings is 1. The number of urea groups is 1. The molecular formula is C16H20FN3O4S. The van der Waals surface area contributed by atoms with Gasteiger partial charge in [0.15, 0.2) is 9.84 Å². The van der Waals surface area contributed by atoms with Crippen molar-refractivity contribution in [3.63, 3.8) is 0 Å². The third kappa shape index (κ3) is 4.09. The molecule has 0 bridgehead atoms. The van der Waals surface area contributed by atoms with E-state index in [4.69, 9.17) is 0 Å². The molecular weight excluding hydrogens is 349 g/mol. The largest absolute Gasteiger partial charge is 0.332 e. The van der Waals surface area contributed by atoms with Crippen molar-refractivity contribution in [3.8, 4) is 0 Å². The fourth-order valence-electron chi connectivity index (χ4n) is 3.39. The Morgan fingerprint density at radius 1 is 1.20 bits per heavy atom. The van der Waals surface area contributed by atoms with Crippen molar-refractivity contribution in [2.24, 2.45) is 0 Å². The lowest BCUT2D eigenvalue weighted by Gasteiger charge is -2.16. The van der Waals surface area contributed by atoms with Gasteiger partial charge in [0, 0.05) is 12.1 Å². The monoisotopic (exact) mass is 369 g/mol. The summed E-state index contributed by atoms with van der Waals surface area (Å²) >= 11 is 0. The molecule has 3 atom stereocenters. The molecule has 0 aromatic heterocycles. The quantitative estimate of drug-likeness (QED) is 0.517. The number of anilines is 1. The fraction of sp³-hybridized carbons (Fsp3) is 0.500. The third-order valence-corrected chi connectivity index (χ3v) is 6.87. The first-order valence-electron chi connectivity index (χ1n) is 8.19. The molecule has 9 heteroatoms. The Labute approximate surface area is 145 Å². The van der Waals surface area contributed by atoms with Crippen LogP contribution in [0, 0.1) is 5.82 Å². The van der Waals surface area contributed by atoms with Crippen molar-refractivity contribution < 1.29 is 22.4 Å². The molecule has 3 N–H and O–H groups in total. The maximum atomic E-state index is 12.8. The molecule has 2 aliphatic rings. The van der Waals surface area contributed by atoms with Crippen LogP contribution in [-0.4, -0.2) is 43.4 Å². The van der Waals surface area contributed by atoms with Crippen molar-refractivity contribution >= 4 is 27.5 Å². The maximum absolute atomic E-state index is 12.8. The van der Waals surface area contributed by atoms with Crippen LogP contribution in [0.3, 0.4) is 0 Å². The van der Waals surface area contributed by atoms with Crippen molar-refractivity contribution in [3.05, 3.63) is 30.1 Å². The lowest BCUT2D eigenvalue weighted by atomic mass is 10.0. The van der Waals surface area contributed by atoms with Crippen molar-refractivity contribution in [1.82, 2.24) is 10.6 Å². The SMILES string of the molecule is O=C(CCCC[C@@H]1[C@H]2NC(=O)N[C@@H]2CS1(=O)=O)Nc1ccc(F)cc1. The number of rotatable bonds is 6. The first kappa shape index (κ1) is 17.7. The number of sulfone groups is 1. The summed E-state index contributed by atoms with van der Waals surface area (Å²) in [7, 11) is -3.24.